The fourth-order valence-corrected chi connectivity index (χ4v) is 1.66. The second kappa shape index (κ2) is 4.58. The lowest BCUT2D eigenvalue weighted by Gasteiger charge is -2.32. The van der Waals surface area contributed by atoms with E-state index in [4.69, 9.17) is 5.73 Å². The van der Waals surface area contributed by atoms with E-state index in [2.05, 4.69) is 0 Å². The highest BCUT2D eigenvalue weighted by Gasteiger charge is 2.31. The van der Waals surface area contributed by atoms with E-state index in [1.54, 1.807) is 0 Å². The number of rotatable bonds is 4. The molecule has 0 aromatic heterocycles. The molecule has 0 heterocycles. The van der Waals surface area contributed by atoms with Crippen molar-refractivity contribution in [2.45, 2.75) is 38.3 Å². The molecule has 0 fully saturated rings. The number of benzene rings is 1. The third-order valence-electron chi connectivity index (χ3n) is 2.96. The molecule has 0 unspecified atom stereocenters. The fraction of sp³-hybridized carbons (Fsp3) is 0.500. The van der Waals surface area contributed by atoms with Gasteiger partial charge in [-0.05, 0) is 18.4 Å². The fourth-order valence-electron chi connectivity index (χ4n) is 1.66. The van der Waals surface area contributed by atoms with E-state index in [1.165, 1.54) is 0 Å². The molecule has 0 aliphatic carbocycles. The van der Waals surface area contributed by atoms with Gasteiger partial charge in [0, 0.05) is 0 Å². The summed E-state index contributed by atoms with van der Waals surface area (Å²) in [4.78, 5) is 0. The average Bonchev–Trinajstić information content (AvgIpc) is 2.28. The minimum Gasteiger partial charge on any atom is -0.388 e. The van der Waals surface area contributed by atoms with Crippen molar-refractivity contribution in [3.63, 3.8) is 0 Å². The van der Waals surface area contributed by atoms with Crippen LogP contribution in [-0.2, 0) is 0 Å². The van der Waals surface area contributed by atoms with Gasteiger partial charge in [-0.1, -0.05) is 44.2 Å². The first-order chi connectivity index (χ1) is 6.64. The Hall–Kier alpha value is -0.860. The van der Waals surface area contributed by atoms with Gasteiger partial charge in [0.05, 0.1) is 11.6 Å². The average molecular weight is 193 g/mol. The Balaban J connectivity index is 2.89. The lowest BCUT2D eigenvalue weighted by Crippen LogP contribution is -2.40. The second-order valence-electron chi connectivity index (χ2n) is 3.70. The molecule has 0 aliphatic rings. The van der Waals surface area contributed by atoms with Gasteiger partial charge < -0.3 is 10.8 Å². The SMILES string of the molecule is CCC(O)(CC)[C@H](N)c1ccccc1. The van der Waals surface area contributed by atoms with Crippen LogP contribution in [0, 0.1) is 0 Å². The van der Waals surface area contributed by atoms with Gasteiger partial charge in [-0.15, -0.1) is 0 Å². The number of aliphatic hydroxyl groups is 1. The molecule has 1 aromatic rings. The maximum Gasteiger partial charge on any atom is 0.0834 e. The lowest BCUT2D eigenvalue weighted by atomic mass is 9.85. The van der Waals surface area contributed by atoms with Crippen molar-refractivity contribution < 1.29 is 5.11 Å². The summed E-state index contributed by atoms with van der Waals surface area (Å²) in [6.45, 7) is 3.93. The molecular formula is C12H19NO. The Morgan fingerprint density at radius 3 is 2.14 bits per heavy atom. The Kier molecular flexibility index (Phi) is 3.67. The van der Waals surface area contributed by atoms with Crippen LogP contribution in [0.5, 0.6) is 0 Å². The van der Waals surface area contributed by atoms with E-state index in [0.29, 0.717) is 12.8 Å². The van der Waals surface area contributed by atoms with Crippen LogP contribution in [0.25, 0.3) is 0 Å². The molecule has 78 valence electrons. The highest BCUT2D eigenvalue weighted by Crippen LogP contribution is 2.29. The van der Waals surface area contributed by atoms with Gasteiger partial charge in [-0.3, -0.25) is 0 Å². The molecule has 0 saturated heterocycles. The zero-order valence-corrected chi connectivity index (χ0v) is 8.90. The van der Waals surface area contributed by atoms with Crippen molar-refractivity contribution in [1.29, 1.82) is 0 Å². The molecule has 3 N–H and O–H groups in total. The topological polar surface area (TPSA) is 46.2 Å². The molecular weight excluding hydrogens is 174 g/mol. The zero-order chi connectivity index (χ0) is 10.6. The van der Waals surface area contributed by atoms with Gasteiger partial charge in [0.2, 0.25) is 0 Å². The first kappa shape index (κ1) is 11.2. The van der Waals surface area contributed by atoms with Crippen molar-refractivity contribution in [2.24, 2.45) is 5.73 Å². The molecule has 0 bridgehead atoms. The van der Waals surface area contributed by atoms with E-state index in [1.807, 2.05) is 44.2 Å². The summed E-state index contributed by atoms with van der Waals surface area (Å²) in [5, 5.41) is 10.2. The molecule has 2 nitrogen and oxygen atoms in total. The first-order valence-corrected chi connectivity index (χ1v) is 5.17. The van der Waals surface area contributed by atoms with Crippen molar-refractivity contribution in [3.05, 3.63) is 35.9 Å². The molecule has 1 rings (SSSR count). The van der Waals surface area contributed by atoms with Crippen molar-refractivity contribution in [2.75, 3.05) is 0 Å². The maximum atomic E-state index is 10.2. The van der Waals surface area contributed by atoms with Crippen molar-refractivity contribution >= 4 is 0 Å². The molecule has 0 radical (unpaired) electrons. The summed E-state index contributed by atoms with van der Waals surface area (Å²) in [7, 11) is 0. The van der Waals surface area contributed by atoms with Crippen LogP contribution in [0.3, 0.4) is 0 Å². The Morgan fingerprint density at radius 1 is 1.21 bits per heavy atom. The summed E-state index contributed by atoms with van der Waals surface area (Å²) in [5.74, 6) is 0. The molecule has 0 spiro atoms. The van der Waals surface area contributed by atoms with Gasteiger partial charge in [0.15, 0.2) is 0 Å². The van der Waals surface area contributed by atoms with Gasteiger partial charge in [-0.25, -0.2) is 0 Å². The Bertz CT molecular complexity index is 267. The predicted octanol–water partition coefficient (Wildman–Crippen LogP) is 2.24. The minimum absolute atomic E-state index is 0.293. The standard InChI is InChI=1S/C12H19NO/c1-3-12(14,4-2)11(13)10-8-6-5-7-9-10/h5-9,11,14H,3-4,13H2,1-2H3/t11-/m1/s1. The molecule has 1 atom stereocenters. The van der Waals surface area contributed by atoms with E-state index in [-0.39, 0.29) is 6.04 Å². The molecule has 1 aromatic carbocycles. The van der Waals surface area contributed by atoms with Crippen LogP contribution in [0.2, 0.25) is 0 Å². The molecule has 0 aliphatic heterocycles. The van der Waals surface area contributed by atoms with E-state index >= 15 is 0 Å². The molecule has 0 amide bonds. The minimum atomic E-state index is -0.776. The summed E-state index contributed by atoms with van der Waals surface area (Å²) in [5.41, 5.74) is 6.27. The van der Waals surface area contributed by atoms with Crippen LogP contribution < -0.4 is 5.73 Å². The van der Waals surface area contributed by atoms with Crippen LogP contribution in [0.1, 0.15) is 38.3 Å². The monoisotopic (exact) mass is 193 g/mol. The first-order valence-electron chi connectivity index (χ1n) is 5.17. The summed E-state index contributed by atoms with van der Waals surface area (Å²) < 4.78 is 0. The number of nitrogens with two attached hydrogens (primary N) is 1. The Labute approximate surface area is 85.8 Å². The second-order valence-corrected chi connectivity index (χ2v) is 3.70. The summed E-state index contributed by atoms with van der Waals surface area (Å²) >= 11 is 0. The van der Waals surface area contributed by atoms with Gasteiger partial charge in [0.1, 0.15) is 0 Å². The van der Waals surface area contributed by atoms with E-state index in [9.17, 15) is 5.11 Å². The predicted molar refractivity (Wildman–Crippen MR) is 58.9 cm³/mol. The molecule has 14 heavy (non-hydrogen) atoms. The zero-order valence-electron chi connectivity index (χ0n) is 8.90. The highest BCUT2D eigenvalue weighted by molar-refractivity contribution is 5.21. The van der Waals surface area contributed by atoms with Crippen molar-refractivity contribution in [1.82, 2.24) is 0 Å². The van der Waals surface area contributed by atoms with Gasteiger partial charge >= 0.3 is 0 Å². The lowest BCUT2D eigenvalue weighted by molar-refractivity contribution is 0.00568. The van der Waals surface area contributed by atoms with Gasteiger partial charge in [0.25, 0.3) is 0 Å². The third-order valence-corrected chi connectivity index (χ3v) is 2.96. The smallest absolute Gasteiger partial charge is 0.0834 e. The summed E-state index contributed by atoms with van der Waals surface area (Å²) in [6, 6.07) is 9.47. The van der Waals surface area contributed by atoms with Gasteiger partial charge in [-0.2, -0.15) is 0 Å². The number of hydrogen-bond acceptors (Lipinski definition) is 2. The Morgan fingerprint density at radius 2 is 1.71 bits per heavy atom. The summed E-state index contributed by atoms with van der Waals surface area (Å²) in [6.07, 6.45) is 1.36. The van der Waals surface area contributed by atoms with E-state index < -0.39 is 5.60 Å². The number of hydrogen-bond donors (Lipinski definition) is 2. The van der Waals surface area contributed by atoms with Crippen LogP contribution in [0.4, 0.5) is 0 Å². The molecule has 0 saturated carbocycles. The quantitative estimate of drug-likeness (QED) is 0.770. The highest BCUT2D eigenvalue weighted by atomic mass is 16.3. The van der Waals surface area contributed by atoms with Crippen LogP contribution in [-0.4, -0.2) is 10.7 Å². The van der Waals surface area contributed by atoms with Crippen molar-refractivity contribution in [3.8, 4) is 0 Å². The molecule has 2 heteroatoms. The third kappa shape index (κ3) is 2.14. The van der Waals surface area contributed by atoms with E-state index in [0.717, 1.165) is 5.56 Å². The maximum absolute atomic E-state index is 10.2. The largest absolute Gasteiger partial charge is 0.388 e. The van der Waals surface area contributed by atoms with Crippen LogP contribution in [0.15, 0.2) is 30.3 Å². The normalized spacial score (nSPS) is 14.0. The van der Waals surface area contributed by atoms with Crippen LogP contribution >= 0.6 is 0 Å².